The maximum absolute atomic E-state index is 8.26. The van der Waals surface area contributed by atoms with Crippen LogP contribution in [0, 0.1) is 0 Å². The molecule has 0 saturated carbocycles. The summed E-state index contributed by atoms with van der Waals surface area (Å²) in [6, 6.07) is 0. The van der Waals surface area contributed by atoms with E-state index in [9.17, 15) is 0 Å². The first-order valence-electron chi connectivity index (χ1n) is 1.50. The average molecular weight is 343 g/mol. The zero-order valence-corrected chi connectivity index (χ0v) is 18.3. The van der Waals surface area contributed by atoms with Gasteiger partial charge in [-0.15, -0.1) is 0 Å². The molecule has 0 unspecified atom stereocenters. The molecule has 0 heterocycles. The van der Waals surface area contributed by atoms with Crippen molar-refractivity contribution in [3.05, 3.63) is 0 Å². The zero-order valence-electron chi connectivity index (χ0n) is 9.23. The van der Waals surface area contributed by atoms with Crippen LogP contribution in [-0.4, -0.2) is 0 Å². The molecular weight excluding hydrogens is 343 g/mol. The van der Waals surface area contributed by atoms with E-state index < -0.39 is 0 Å². The summed E-state index contributed by atoms with van der Waals surface area (Å²) in [5.41, 5.74) is 0. The Hall–Kier alpha value is 4.03. The molecule has 0 aromatic carbocycles. The van der Waals surface area contributed by atoms with Crippen LogP contribution < -0.4 is 150 Å². The number of rotatable bonds is 3. The van der Waals surface area contributed by atoms with Gasteiger partial charge in [0, 0.05) is 0 Å². The molecule has 0 rings (SSSR count). The predicted molar refractivity (Wildman–Crippen MR) is 6.51 cm³/mol. The summed E-state index contributed by atoms with van der Waals surface area (Å²) in [6.07, 6.45) is 0. The molecular formula is CoNa4O12. The minimum Gasteiger partial charge on any atom is -0.693 e. The fraction of sp³-hybridized carbons (Fsp3) is 0. The molecule has 0 aromatic heterocycles. The topological polar surface area (TPSA) is 194 Å². The molecule has 1 radical (unpaired) electrons. The summed E-state index contributed by atoms with van der Waals surface area (Å²) in [7, 11) is 0. The molecule has 0 atom stereocenters. The van der Waals surface area contributed by atoms with E-state index in [0.717, 1.165) is 0 Å². The molecule has 0 aliphatic rings. The average Bonchev–Trinajstić information content (AvgIpc) is 2.18. The quantitative estimate of drug-likeness (QED) is 0.267. The Bertz CT molecular complexity index is 34.0. The Morgan fingerprint density at radius 3 is 0.412 bits per heavy atom. The van der Waals surface area contributed by atoms with Gasteiger partial charge in [-0.05, 0) is 0 Å². The van der Waals surface area contributed by atoms with Crippen LogP contribution in [0.3, 0.4) is 0 Å². The number of hydrogen-bond donors (Lipinski definition) is 0. The third-order valence-electron chi connectivity index (χ3n) is 0.0833. The monoisotopic (exact) mass is 343 g/mol. The molecule has 17 heavy (non-hydrogen) atoms. The van der Waals surface area contributed by atoms with Gasteiger partial charge in [0.2, 0.25) is 0 Å². The summed E-state index contributed by atoms with van der Waals surface area (Å²) in [4.78, 5) is 0. The second-order valence-corrected chi connectivity index (χ2v) is 0.408. The summed E-state index contributed by atoms with van der Waals surface area (Å²) in [6.45, 7) is 0. The second-order valence-electron chi connectivity index (χ2n) is 0.408. The Balaban J connectivity index is -0.0000000104. The van der Waals surface area contributed by atoms with Crippen molar-refractivity contribution in [2.24, 2.45) is 0 Å². The molecule has 0 fully saturated rings. The normalized spacial score (nSPS) is 5.29. The summed E-state index contributed by atoms with van der Waals surface area (Å²) in [5, 5.41) is 63.0. The van der Waals surface area contributed by atoms with E-state index in [2.05, 4.69) is 30.2 Å². The van der Waals surface area contributed by atoms with E-state index in [4.69, 9.17) is 31.5 Å². The van der Waals surface area contributed by atoms with Crippen LogP contribution in [0.4, 0.5) is 0 Å². The van der Waals surface area contributed by atoms with Gasteiger partial charge in [0.25, 0.3) is 0 Å². The molecule has 0 bridgehead atoms. The fourth-order valence-electron chi connectivity index (χ4n) is 0. The van der Waals surface area contributed by atoms with Gasteiger partial charge >= 0.3 is 135 Å². The van der Waals surface area contributed by atoms with E-state index in [1.807, 2.05) is 0 Å². The van der Waals surface area contributed by atoms with Gasteiger partial charge < -0.3 is 61.8 Å². The van der Waals surface area contributed by atoms with Crippen LogP contribution in [0.2, 0.25) is 0 Å². The first-order chi connectivity index (χ1) is 5.74. The van der Waals surface area contributed by atoms with Crippen molar-refractivity contribution in [1.82, 2.24) is 0 Å². The SMILES string of the molecule is [Co+2].[Na+].[Na+].[Na+].[Na+].[O-]OO[O-].[O-]OO[O-].[O-]OO[O-]. The molecule has 0 aliphatic heterocycles. The summed E-state index contributed by atoms with van der Waals surface area (Å²) >= 11 is 0. The third-order valence-corrected chi connectivity index (χ3v) is 0.0833. The molecule has 17 heteroatoms. The van der Waals surface area contributed by atoms with E-state index in [1.165, 1.54) is 0 Å². The van der Waals surface area contributed by atoms with Gasteiger partial charge in [-0.2, -0.15) is 0 Å². The van der Waals surface area contributed by atoms with Crippen molar-refractivity contribution in [1.29, 1.82) is 0 Å². The molecule has 0 N–H and O–H groups in total. The zero-order chi connectivity index (χ0) is 10.2. The Labute approximate surface area is 193 Å². The van der Waals surface area contributed by atoms with Crippen LogP contribution in [0.25, 0.3) is 0 Å². The van der Waals surface area contributed by atoms with E-state index in [-0.39, 0.29) is 135 Å². The first kappa shape index (κ1) is 49.7. The van der Waals surface area contributed by atoms with E-state index in [0.29, 0.717) is 0 Å². The molecule has 0 aliphatic carbocycles. The van der Waals surface area contributed by atoms with Gasteiger partial charge in [-0.3, -0.25) is 0 Å². The third kappa shape index (κ3) is 132. The Morgan fingerprint density at radius 2 is 0.412 bits per heavy atom. The van der Waals surface area contributed by atoms with E-state index >= 15 is 0 Å². The Morgan fingerprint density at radius 1 is 0.353 bits per heavy atom. The molecule has 12 nitrogen and oxygen atoms in total. The van der Waals surface area contributed by atoms with Crippen molar-refractivity contribution in [3.63, 3.8) is 0 Å². The number of hydrogen-bond acceptors (Lipinski definition) is 12. The minimum atomic E-state index is 0. The smallest absolute Gasteiger partial charge is 0.693 e. The molecule has 0 spiro atoms. The van der Waals surface area contributed by atoms with Crippen molar-refractivity contribution >= 4 is 0 Å². The first-order valence-corrected chi connectivity index (χ1v) is 1.50. The molecule has 0 aromatic rings. The van der Waals surface area contributed by atoms with Crippen LogP contribution in [0.5, 0.6) is 0 Å². The van der Waals surface area contributed by atoms with Gasteiger partial charge in [0.05, 0.1) is 0 Å². The van der Waals surface area contributed by atoms with Gasteiger partial charge in [-0.1, -0.05) is 0 Å². The van der Waals surface area contributed by atoms with E-state index in [1.54, 1.807) is 0 Å². The standard InChI is InChI=1S/Co.4Na.3H2O4/c;;;;;3*1-3-4-2/h;;;;;3*1-2H/q+2;4*+1;;;/p-6. The van der Waals surface area contributed by atoms with Crippen LogP contribution >= 0.6 is 0 Å². The molecule has 85 valence electrons. The van der Waals surface area contributed by atoms with Gasteiger partial charge in [0.1, 0.15) is 0 Å². The summed E-state index contributed by atoms with van der Waals surface area (Å²) in [5.74, 6) is 0. The minimum absolute atomic E-state index is 0. The maximum atomic E-state index is 8.26. The van der Waals surface area contributed by atoms with Crippen molar-refractivity contribution in [3.8, 4) is 0 Å². The largest absolute Gasteiger partial charge is 2.00 e. The maximum Gasteiger partial charge on any atom is 2.00 e. The van der Waals surface area contributed by atoms with Gasteiger partial charge in [0.15, 0.2) is 0 Å². The predicted octanol–water partition coefficient (Wildman–Crippen LogP) is -19.5. The molecule has 0 amide bonds. The van der Waals surface area contributed by atoms with Gasteiger partial charge in [-0.25, -0.2) is 0 Å². The van der Waals surface area contributed by atoms with Crippen molar-refractivity contribution in [2.45, 2.75) is 0 Å². The summed E-state index contributed by atoms with van der Waals surface area (Å²) < 4.78 is 0. The van der Waals surface area contributed by atoms with Crippen molar-refractivity contribution in [2.75, 3.05) is 0 Å². The van der Waals surface area contributed by atoms with Crippen molar-refractivity contribution < 1.29 is 197 Å². The van der Waals surface area contributed by atoms with Crippen LogP contribution in [-0.2, 0) is 47.0 Å². The fourth-order valence-corrected chi connectivity index (χ4v) is 0. The second kappa shape index (κ2) is 72.1. The Kier molecular flexibility index (Phi) is 211. The van der Waals surface area contributed by atoms with Crippen LogP contribution in [0.15, 0.2) is 0 Å². The van der Waals surface area contributed by atoms with Crippen LogP contribution in [0.1, 0.15) is 0 Å². The molecule has 0 saturated heterocycles.